The normalized spacial score (nSPS) is 13.9. The van der Waals surface area contributed by atoms with Crippen molar-refractivity contribution in [2.45, 2.75) is 31.9 Å². The maximum atomic E-state index is 11.9. The number of anilines is 1. The zero-order chi connectivity index (χ0) is 14.3. The zero-order valence-corrected chi connectivity index (χ0v) is 11.4. The number of aliphatic hydroxyl groups is 1. The fraction of sp³-hybridized carbons (Fsp3) is 0.500. The van der Waals surface area contributed by atoms with E-state index in [1.54, 1.807) is 32.2 Å². The summed E-state index contributed by atoms with van der Waals surface area (Å²) < 4.78 is 4.92. The lowest BCUT2D eigenvalue weighted by molar-refractivity contribution is -0.117. The zero-order valence-electron chi connectivity index (χ0n) is 11.4. The topological polar surface area (TPSA) is 84.6 Å². The molecule has 0 aliphatic heterocycles. The fourth-order valence-corrected chi connectivity index (χ4v) is 1.78. The highest BCUT2D eigenvalue weighted by atomic mass is 16.5. The van der Waals surface area contributed by atoms with E-state index in [1.165, 1.54) is 0 Å². The summed E-state index contributed by atoms with van der Waals surface area (Å²) in [5, 5.41) is 12.4. The van der Waals surface area contributed by atoms with Crippen LogP contribution in [0.1, 0.15) is 31.4 Å². The van der Waals surface area contributed by atoms with Gasteiger partial charge >= 0.3 is 0 Å². The highest BCUT2D eigenvalue weighted by Gasteiger charge is 2.15. The van der Waals surface area contributed by atoms with E-state index in [1.807, 2.05) is 6.07 Å². The number of carbonyl (C=O) groups is 1. The summed E-state index contributed by atoms with van der Waals surface area (Å²) in [6, 6.07) is 6.57. The van der Waals surface area contributed by atoms with Crippen molar-refractivity contribution in [2.75, 3.05) is 19.0 Å². The summed E-state index contributed by atoms with van der Waals surface area (Å²) in [6.45, 7) is 2.24. The third-order valence-electron chi connectivity index (χ3n) is 2.87. The molecule has 0 saturated carbocycles. The number of amides is 1. The van der Waals surface area contributed by atoms with Crippen molar-refractivity contribution < 1.29 is 14.6 Å². The van der Waals surface area contributed by atoms with E-state index in [-0.39, 0.29) is 5.91 Å². The predicted molar refractivity (Wildman–Crippen MR) is 74.8 cm³/mol. The van der Waals surface area contributed by atoms with Gasteiger partial charge in [-0.1, -0.05) is 18.2 Å². The SMILES string of the molecule is COCCCC(N)C(=O)Nc1ccccc1C(C)O. The van der Waals surface area contributed by atoms with Crippen LogP contribution < -0.4 is 11.1 Å². The van der Waals surface area contributed by atoms with Crippen molar-refractivity contribution >= 4 is 11.6 Å². The monoisotopic (exact) mass is 266 g/mol. The van der Waals surface area contributed by atoms with E-state index in [4.69, 9.17) is 10.5 Å². The molecule has 1 aromatic carbocycles. The van der Waals surface area contributed by atoms with Crippen LogP contribution in [0.4, 0.5) is 5.69 Å². The molecule has 0 saturated heterocycles. The highest BCUT2D eigenvalue weighted by Crippen LogP contribution is 2.22. The van der Waals surface area contributed by atoms with Crippen LogP contribution >= 0.6 is 0 Å². The number of methoxy groups -OCH3 is 1. The Hall–Kier alpha value is -1.43. The largest absolute Gasteiger partial charge is 0.389 e. The van der Waals surface area contributed by atoms with Gasteiger partial charge in [-0.2, -0.15) is 0 Å². The van der Waals surface area contributed by atoms with Crippen LogP contribution in [0.2, 0.25) is 0 Å². The van der Waals surface area contributed by atoms with Crippen LogP contribution in [-0.4, -0.2) is 30.8 Å². The molecule has 4 N–H and O–H groups in total. The quantitative estimate of drug-likeness (QED) is 0.652. The lowest BCUT2D eigenvalue weighted by Gasteiger charge is -2.16. The van der Waals surface area contributed by atoms with Gasteiger partial charge in [0.05, 0.1) is 12.1 Å². The van der Waals surface area contributed by atoms with Gasteiger partial charge in [0.2, 0.25) is 5.91 Å². The smallest absolute Gasteiger partial charge is 0.241 e. The van der Waals surface area contributed by atoms with Gasteiger partial charge in [0.15, 0.2) is 0 Å². The summed E-state index contributed by atoms with van der Waals surface area (Å²) in [5.41, 5.74) is 7.08. The minimum atomic E-state index is -0.638. The first-order valence-electron chi connectivity index (χ1n) is 6.38. The van der Waals surface area contributed by atoms with Crippen molar-refractivity contribution in [3.8, 4) is 0 Å². The minimum absolute atomic E-state index is 0.246. The van der Waals surface area contributed by atoms with Gasteiger partial charge in [-0.3, -0.25) is 4.79 Å². The molecule has 5 nitrogen and oxygen atoms in total. The number of hydrogen-bond acceptors (Lipinski definition) is 4. The first-order valence-corrected chi connectivity index (χ1v) is 6.38. The molecule has 5 heteroatoms. The van der Waals surface area contributed by atoms with E-state index in [0.29, 0.717) is 24.3 Å². The Bertz CT molecular complexity index is 407. The second kappa shape index (κ2) is 7.89. The number of nitrogens with two attached hydrogens (primary N) is 1. The van der Waals surface area contributed by atoms with E-state index in [9.17, 15) is 9.90 Å². The molecule has 0 fully saturated rings. The molecule has 0 aromatic heterocycles. The predicted octanol–water partition coefficient (Wildman–Crippen LogP) is 1.43. The molecule has 1 rings (SSSR count). The molecule has 0 radical (unpaired) electrons. The summed E-state index contributed by atoms with van der Waals surface area (Å²) in [5.74, 6) is -0.246. The number of aliphatic hydroxyl groups excluding tert-OH is 1. The molecule has 106 valence electrons. The highest BCUT2D eigenvalue weighted by molar-refractivity contribution is 5.95. The number of nitrogens with one attached hydrogen (secondary N) is 1. The van der Waals surface area contributed by atoms with Gasteiger partial charge in [0.1, 0.15) is 0 Å². The van der Waals surface area contributed by atoms with Crippen LogP contribution in [0, 0.1) is 0 Å². The number of ether oxygens (including phenoxy) is 1. The van der Waals surface area contributed by atoms with Gasteiger partial charge in [0, 0.05) is 25.0 Å². The lowest BCUT2D eigenvalue weighted by Crippen LogP contribution is -2.36. The van der Waals surface area contributed by atoms with Crippen molar-refractivity contribution in [2.24, 2.45) is 5.73 Å². The van der Waals surface area contributed by atoms with Crippen LogP contribution in [-0.2, 0) is 9.53 Å². The van der Waals surface area contributed by atoms with Crippen molar-refractivity contribution in [3.05, 3.63) is 29.8 Å². The van der Waals surface area contributed by atoms with Crippen molar-refractivity contribution in [1.29, 1.82) is 0 Å². The third-order valence-corrected chi connectivity index (χ3v) is 2.87. The fourth-order valence-electron chi connectivity index (χ4n) is 1.78. The molecular formula is C14H22N2O3. The lowest BCUT2D eigenvalue weighted by atomic mass is 10.1. The Morgan fingerprint density at radius 1 is 1.47 bits per heavy atom. The maximum Gasteiger partial charge on any atom is 0.241 e. The Labute approximate surface area is 113 Å². The first kappa shape index (κ1) is 15.6. The Balaban J connectivity index is 2.61. The molecule has 0 aliphatic rings. The minimum Gasteiger partial charge on any atom is -0.389 e. The average molecular weight is 266 g/mol. The summed E-state index contributed by atoms with van der Waals surface area (Å²) in [6.07, 6.45) is 0.667. The molecule has 1 amide bonds. The Morgan fingerprint density at radius 3 is 2.79 bits per heavy atom. The second-order valence-electron chi connectivity index (χ2n) is 4.49. The molecule has 0 spiro atoms. The van der Waals surface area contributed by atoms with E-state index >= 15 is 0 Å². The summed E-state index contributed by atoms with van der Waals surface area (Å²) >= 11 is 0. The van der Waals surface area contributed by atoms with Crippen LogP contribution in [0.25, 0.3) is 0 Å². The number of rotatable bonds is 7. The Kier molecular flexibility index (Phi) is 6.49. The number of benzene rings is 1. The van der Waals surface area contributed by atoms with Crippen molar-refractivity contribution in [1.82, 2.24) is 0 Å². The van der Waals surface area contributed by atoms with E-state index < -0.39 is 12.1 Å². The van der Waals surface area contributed by atoms with Crippen molar-refractivity contribution in [3.63, 3.8) is 0 Å². The van der Waals surface area contributed by atoms with Crippen LogP contribution in [0.15, 0.2) is 24.3 Å². The van der Waals surface area contributed by atoms with E-state index in [0.717, 1.165) is 6.42 Å². The van der Waals surface area contributed by atoms with E-state index in [2.05, 4.69) is 5.32 Å². The molecule has 2 atom stereocenters. The van der Waals surface area contributed by atoms with Gasteiger partial charge in [-0.05, 0) is 25.8 Å². The number of carbonyl (C=O) groups excluding carboxylic acids is 1. The molecule has 0 heterocycles. The summed E-state index contributed by atoms with van der Waals surface area (Å²) in [4.78, 5) is 11.9. The molecule has 0 aliphatic carbocycles. The number of hydrogen-bond donors (Lipinski definition) is 3. The molecular weight excluding hydrogens is 244 g/mol. The molecule has 0 bridgehead atoms. The molecule has 1 aromatic rings. The summed E-state index contributed by atoms with van der Waals surface area (Å²) in [7, 11) is 1.62. The molecule has 19 heavy (non-hydrogen) atoms. The van der Waals surface area contributed by atoms with Gasteiger partial charge in [-0.15, -0.1) is 0 Å². The second-order valence-corrected chi connectivity index (χ2v) is 4.49. The third kappa shape index (κ3) is 4.98. The van der Waals surface area contributed by atoms with Gasteiger partial charge in [0.25, 0.3) is 0 Å². The van der Waals surface area contributed by atoms with Crippen LogP contribution in [0.3, 0.4) is 0 Å². The average Bonchev–Trinajstić information content (AvgIpc) is 2.39. The maximum absolute atomic E-state index is 11.9. The van der Waals surface area contributed by atoms with Gasteiger partial charge < -0.3 is 20.9 Å². The standard InChI is InChI=1S/C14H22N2O3/c1-10(17)11-6-3-4-8-13(11)16-14(18)12(15)7-5-9-19-2/h3-4,6,8,10,12,17H,5,7,9,15H2,1-2H3,(H,16,18). The van der Waals surface area contributed by atoms with Gasteiger partial charge in [-0.25, -0.2) is 0 Å². The molecule has 2 unspecified atom stereocenters. The van der Waals surface area contributed by atoms with Crippen LogP contribution in [0.5, 0.6) is 0 Å². The number of para-hydroxylation sites is 1. The Morgan fingerprint density at radius 2 is 2.16 bits per heavy atom. The first-order chi connectivity index (χ1) is 9.06.